The van der Waals surface area contributed by atoms with Gasteiger partial charge in [0.15, 0.2) is 5.75 Å². The minimum Gasteiger partial charge on any atom is -0.497 e. The van der Waals surface area contributed by atoms with Crippen molar-refractivity contribution in [3.8, 4) is 17.4 Å². The molecule has 0 amide bonds. The van der Waals surface area contributed by atoms with Gasteiger partial charge in [-0.15, -0.1) is 0 Å². The van der Waals surface area contributed by atoms with Crippen molar-refractivity contribution in [3.05, 3.63) is 41.6 Å². The predicted molar refractivity (Wildman–Crippen MR) is 96.6 cm³/mol. The first-order valence-electron chi connectivity index (χ1n) is 8.50. The van der Waals surface area contributed by atoms with Crippen molar-refractivity contribution >= 4 is 12.3 Å². The van der Waals surface area contributed by atoms with E-state index in [2.05, 4.69) is 0 Å². The molecule has 1 heterocycles. The van der Waals surface area contributed by atoms with Crippen molar-refractivity contribution in [2.24, 2.45) is 0 Å². The van der Waals surface area contributed by atoms with Gasteiger partial charge in [0.2, 0.25) is 0 Å². The maximum atomic E-state index is 11.8. The molecule has 0 fully saturated rings. The average Bonchev–Trinajstić information content (AvgIpc) is 2.91. The standard InChI is InChI=1S/C19H23NO7/c1-5-24-18(21)26-16-11-13(3)20(17(16)27-19(22)25-6-2)12-14-7-9-15(23-4)10-8-14/h7-11H,5-6,12H2,1-4H3. The Morgan fingerprint density at radius 3 is 2.11 bits per heavy atom. The Hall–Kier alpha value is -3.16. The number of methoxy groups -OCH3 is 1. The summed E-state index contributed by atoms with van der Waals surface area (Å²) in [6.07, 6.45) is -1.77. The Bertz CT molecular complexity index is 780. The van der Waals surface area contributed by atoms with Crippen molar-refractivity contribution in [2.45, 2.75) is 27.3 Å². The molecule has 0 aliphatic rings. The molecule has 0 saturated heterocycles. The second-order valence-electron chi connectivity index (χ2n) is 5.46. The van der Waals surface area contributed by atoms with E-state index in [1.165, 1.54) is 0 Å². The minimum atomic E-state index is -0.889. The minimum absolute atomic E-state index is 0.0646. The van der Waals surface area contributed by atoms with Crippen LogP contribution in [0.4, 0.5) is 9.59 Å². The van der Waals surface area contributed by atoms with Gasteiger partial charge in [-0.3, -0.25) is 0 Å². The van der Waals surface area contributed by atoms with Crippen LogP contribution in [0, 0.1) is 6.92 Å². The molecule has 1 aromatic heterocycles. The van der Waals surface area contributed by atoms with E-state index in [0.717, 1.165) is 17.0 Å². The zero-order valence-electron chi connectivity index (χ0n) is 15.8. The second-order valence-corrected chi connectivity index (χ2v) is 5.46. The summed E-state index contributed by atoms with van der Waals surface area (Å²) in [7, 11) is 1.59. The average molecular weight is 377 g/mol. The van der Waals surface area contributed by atoms with Crippen LogP contribution in [0.5, 0.6) is 17.4 Å². The van der Waals surface area contributed by atoms with E-state index in [9.17, 15) is 9.59 Å². The number of nitrogens with zero attached hydrogens (tertiary/aromatic N) is 1. The highest BCUT2D eigenvalue weighted by atomic mass is 16.7. The first-order valence-corrected chi connectivity index (χ1v) is 8.50. The zero-order valence-corrected chi connectivity index (χ0v) is 15.8. The number of aryl methyl sites for hydroxylation is 1. The maximum Gasteiger partial charge on any atom is 0.515 e. The van der Waals surface area contributed by atoms with Crippen LogP contribution in [0.3, 0.4) is 0 Å². The lowest BCUT2D eigenvalue weighted by Gasteiger charge is -2.13. The number of carbonyl (C=O) groups is 2. The summed E-state index contributed by atoms with van der Waals surface area (Å²) in [4.78, 5) is 23.5. The second kappa shape index (κ2) is 9.51. The van der Waals surface area contributed by atoms with E-state index >= 15 is 0 Å². The van der Waals surface area contributed by atoms with Gasteiger partial charge in [0.05, 0.1) is 26.9 Å². The third kappa shape index (κ3) is 5.40. The van der Waals surface area contributed by atoms with Crippen LogP contribution < -0.4 is 14.2 Å². The quantitative estimate of drug-likeness (QED) is 0.676. The number of carbonyl (C=O) groups excluding carboxylic acids is 2. The molecular formula is C19H23NO7. The summed E-state index contributed by atoms with van der Waals surface area (Å²) in [5.41, 5.74) is 1.66. The molecule has 0 unspecified atom stereocenters. The number of rotatable bonds is 7. The van der Waals surface area contributed by atoms with Gasteiger partial charge in [0.25, 0.3) is 5.88 Å². The van der Waals surface area contributed by atoms with E-state index < -0.39 is 12.3 Å². The molecule has 8 heteroatoms. The summed E-state index contributed by atoms with van der Waals surface area (Å²) in [5, 5.41) is 0. The third-order valence-electron chi connectivity index (χ3n) is 3.62. The molecule has 1 aromatic carbocycles. The van der Waals surface area contributed by atoms with Crippen LogP contribution in [-0.2, 0) is 16.0 Å². The number of hydrogen-bond donors (Lipinski definition) is 0. The Morgan fingerprint density at radius 1 is 0.963 bits per heavy atom. The molecule has 0 atom stereocenters. The van der Waals surface area contributed by atoms with Crippen LogP contribution in [0.25, 0.3) is 0 Å². The molecule has 0 spiro atoms. The fourth-order valence-electron chi connectivity index (χ4n) is 2.37. The lowest BCUT2D eigenvalue weighted by atomic mass is 10.2. The Kier molecular flexibility index (Phi) is 7.10. The molecule has 0 aliphatic heterocycles. The summed E-state index contributed by atoms with van der Waals surface area (Å²) in [5.74, 6) is 0.875. The van der Waals surface area contributed by atoms with E-state index in [1.54, 1.807) is 38.5 Å². The molecule has 0 saturated carbocycles. The van der Waals surface area contributed by atoms with Crippen molar-refractivity contribution in [3.63, 3.8) is 0 Å². The van der Waals surface area contributed by atoms with Crippen molar-refractivity contribution in [1.29, 1.82) is 0 Å². The van der Waals surface area contributed by atoms with Crippen molar-refractivity contribution < 1.29 is 33.3 Å². The fourth-order valence-corrected chi connectivity index (χ4v) is 2.37. The van der Waals surface area contributed by atoms with Gasteiger partial charge < -0.3 is 28.3 Å². The molecule has 0 radical (unpaired) electrons. The van der Waals surface area contributed by atoms with Crippen molar-refractivity contribution in [1.82, 2.24) is 4.57 Å². The molecule has 2 rings (SSSR count). The SMILES string of the molecule is CCOC(=O)Oc1cc(C)n(Cc2ccc(OC)cc2)c1OC(=O)OCC. The van der Waals surface area contributed by atoms with E-state index in [0.29, 0.717) is 6.54 Å². The van der Waals surface area contributed by atoms with Gasteiger partial charge in [-0.05, 0) is 38.5 Å². The van der Waals surface area contributed by atoms with Crippen LogP contribution in [0.15, 0.2) is 30.3 Å². The van der Waals surface area contributed by atoms with Crippen LogP contribution >= 0.6 is 0 Å². The number of benzene rings is 1. The molecule has 0 N–H and O–H groups in total. The molecule has 2 aromatic rings. The fraction of sp³-hybridized carbons (Fsp3) is 0.368. The number of hydrogen-bond acceptors (Lipinski definition) is 7. The normalized spacial score (nSPS) is 10.2. The highest BCUT2D eigenvalue weighted by molar-refractivity contribution is 5.68. The van der Waals surface area contributed by atoms with Gasteiger partial charge in [-0.25, -0.2) is 9.59 Å². The lowest BCUT2D eigenvalue weighted by molar-refractivity contribution is 0.0918. The Labute approximate surface area is 157 Å². The van der Waals surface area contributed by atoms with Crippen molar-refractivity contribution in [2.75, 3.05) is 20.3 Å². The molecule has 146 valence electrons. The Balaban J connectivity index is 2.33. The molecular weight excluding hydrogens is 354 g/mol. The molecule has 0 bridgehead atoms. The van der Waals surface area contributed by atoms with Crippen LogP contribution in [-0.4, -0.2) is 37.2 Å². The predicted octanol–water partition coefficient (Wildman–Crippen LogP) is 3.92. The maximum absolute atomic E-state index is 11.8. The number of ether oxygens (including phenoxy) is 5. The summed E-state index contributed by atoms with van der Waals surface area (Å²) in [6, 6.07) is 9.03. The van der Waals surface area contributed by atoms with E-state index in [1.807, 2.05) is 24.3 Å². The van der Waals surface area contributed by atoms with Gasteiger partial charge in [0.1, 0.15) is 5.75 Å². The topological polar surface area (TPSA) is 85.2 Å². The third-order valence-corrected chi connectivity index (χ3v) is 3.62. The largest absolute Gasteiger partial charge is 0.515 e. The van der Waals surface area contributed by atoms with Gasteiger partial charge in [-0.2, -0.15) is 0 Å². The van der Waals surface area contributed by atoms with Crippen LogP contribution in [0.1, 0.15) is 25.1 Å². The van der Waals surface area contributed by atoms with E-state index in [4.69, 9.17) is 23.7 Å². The Morgan fingerprint density at radius 2 is 1.56 bits per heavy atom. The first-order chi connectivity index (χ1) is 13.0. The van der Waals surface area contributed by atoms with Gasteiger partial charge >= 0.3 is 12.3 Å². The molecule has 8 nitrogen and oxygen atoms in total. The summed E-state index contributed by atoms with van der Waals surface area (Å²) < 4.78 is 26.9. The smallest absolute Gasteiger partial charge is 0.497 e. The lowest BCUT2D eigenvalue weighted by Crippen LogP contribution is -2.16. The summed E-state index contributed by atoms with van der Waals surface area (Å²) >= 11 is 0. The molecule has 0 aliphatic carbocycles. The molecule has 27 heavy (non-hydrogen) atoms. The first kappa shape index (κ1) is 20.2. The van der Waals surface area contributed by atoms with E-state index in [-0.39, 0.29) is 24.8 Å². The monoisotopic (exact) mass is 377 g/mol. The highest BCUT2D eigenvalue weighted by Crippen LogP contribution is 2.33. The summed E-state index contributed by atoms with van der Waals surface area (Å²) in [6.45, 7) is 5.84. The van der Waals surface area contributed by atoms with Gasteiger partial charge in [-0.1, -0.05) is 12.1 Å². The van der Waals surface area contributed by atoms with Crippen LogP contribution in [0.2, 0.25) is 0 Å². The zero-order chi connectivity index (χ0) is 19.8. The highest BCUT2D eigenvalue weighted by Gasteiger charge is 2.22. The van der Waals surface area contributed by atoms with Gasteiger partial charge in [0, 0.05) is 11.8 Å². The number of aromatic nitrogens is 1.